The van der Waals surface area contributed by atoms with Crippen molar-refractivity contribution >= 4 is 0 Å². The average molecular weight is 256 g/mol. The predicted octanol–water partition coefficient (Wildman–Crippen LogP) is 2.81. The van der Waals surface area contributed by atoms with Gasteiger partial charge >= 0.3 is 0 Å². The highest BCUT2D eigenvalue weighted by Gasteiger charge is 2.16. The Morgan fingerprint density at radius 1 is 1.00 bits per heavy atom. The molecule has 1 aliphatic heterocycles. The van der Waals surface area contributed by atoms with Crippen molar-refractivity contribution in [2.24, 2.45) is 0 Å². The first-order valence-corrected chi connectivity index (χ1v) is 6.29. The molecule has 2 aromatic rings. The van der Waals surface area contributed by atoms with Crippen LogP contribution in [0.25, 0.3) is 0 Å². The minimum absolute atomic E-state index is 0.614. The molecule has 1 atom stereocenters. The van der Waals surface area contributed by atoms with Gasteiger partial charge in [0.25, 0.3) is 0 Å². The van der Waals surface area contributed by atoms with Crippen LogP contribution in [0.5, 0.6) is 5.75 Å². The predicted molar refractivity (Wildman–Crippen MR) is 72.0 cm³/mol. The lowest BCUT2D eigenvalue weighted by Gasteiger charge is -2.13. The molecule has 0 bridgehead atoms. The number of rotatable bonds is 3. The normalized spacial score (nSPS) is 15.1. The van der Waals surface area contributed by atoms with Gasteiger partial charge in [-0.25, -0.2) is 0 Å². The SMILES string of the molecule is COc1ccc(C(O)c2ccc3c(c2)COC3)cc1. The zero-order chi connectivity index (χ0) is 13.2. The summed E-state index contributed by atoms with van der Waals surface area (Å²) in [4.78, 5) is 0. The summed E-state index contributed by atoms with van der Waals surface area (Å²) in [6, 6.07) is 13.5. The maximum atomic E-state index is 10.4. The Morgan fingerprint density at radius 3 is 2.42 bits per heavy atom. The fourth-order valence-electron chi connectivity index (χ4n) is 2.34. The Kier molecular flexibility index (Phi) is 3.23. The first-order chi connectivity index (χ1) is 9.28. The van der Waals surface area contributed by atoms with Crippen molar-refractivity contribution in [3.63, 3.8) is 0 Å². The van der Waals surface area contributed by atoms with Crippen LogP contribution in [0.4, 0.5) is 0 Å². The molecule has 98 valence electrons. The van der Waals surface area contributed by atoms with Crippen molar-refractivity contribution < 1.29 is 14.6 Å². The summed E-state index contributed by atoms with van der Waals surface area (Å²) < 4.78 is 10.5. The van der Waals surface area contributed by atoms with E-state index in [1.165, 1.54) is 11.1 Å². The first-order valence-electron chi connectivity index (χ1n) is 6.29. The summed E-state index contributed by atoms with van der Waals surface area (Å²) >= 11 is 0. The van der Waals surface area contributed by atoms with E-state index >= 15 is 0 Å². The molecule has 1 aliphatic rings. The lowest BCUT2D eigenvalue weighted by Crippen LogP contribution is -2.00. The van der Waals surface area contributed by atoms with Crippen LogP contribution in [0.15, 0.2) is 42.5 Å². The maximum absolute atomic E-state index is 10.4. The van der Waals surface area contributed by atoms with Crippen LogP contribution in [-0.4, -0.2) is 12.2 Å². The summed E-state index contributed by atoms with van der Waals surface area (Å²) in [6.07, 6.45) is -0.614. The Bertz CT molecular complexity index is 575. The minimum Gasteiger partial charge on any atom is -0.497 e. The zero-order valence-corrected chi connectivity index (χ0v) is 10.8. The Balaban J connectivity index is 1.88. The molecule has 3 nitrogen and oxygen atoms in total. The number of hydrogen-bond donors (Lipinski definition) is 1. The smallest absolute Gasteiger partial charge is 0.118 e. The van der Waals surface area contributed by atoms with Crippen LogP contribution in [-0.2, 0) is 18.0 Å². The van der Waals surface area contributed by atoms with Crippen LogP contribution in [0.1, 0.15) is 28.4 Å². The Hall–Kier alpha value is -1.84. The van der Waals surface area contributed by atoms with E-state index in [0.29, 0.717) is 13.2 Å². The second kappa shape index (κ2) is 5.03. The quantitative estimate of drug-likeness (QED) is 0.917. The zero-order valence-electron chi connectivity index (χ0n) is 10.8. The molecule has 3 heteroatoms. The second-order valence-corrected chi connectivity index (χ2v) is 4.70. The summed E-state index contributed by atoms with van der Waals surface area (Å²) in [5.74, 6) is 0.790. The van der Waals surface area contributed by atoms with Gasteiger partial charge in [-0.3, -0.25) is 0 Å². The van der Waals surface area contributed by atoms with Gasteiger partial charge in [-0.05, 0) is 34.4 Å². The largest absolute Gasteiger partial charge is 0.497 e. The van der Waals surface area contributed by atoms with E-state index in [9.17, 15) is 5.11 Å². The van der Waals surface area contributed by atoms with Crippen molar-refractivity contribution in [1.29, 1.82) is 0 Å². The van der Waals surface area contributed by atoms with Gasteiger partial charge in [-0.15, -0.1) is 0 Å². The lowest BCUT2D eigenvalue weighted by atomic mass is 9.98. The van der Waals surface area contributed by atoms with E-state index in [4.69, 9.17) is 9.47 Å². The number of aliphatic hydroxyl groups excluding tert-OH is 1. The number of aliphatic hydroxyl groups is 1. The molecule has 0 amide bonds. The molecule has 0 spiro atoms. The van der Waals surface area contributed by atoms with Gasteiger partial charge < -0.3 is 14.6 Å². The fraction of sp³-hybridized carbons (Fsp3) is 0.250. The van der Waals surface area contributed by atoms with Crippen LogP contribution in [0, 0.1) is 0 Å². The number of ether oxygens (including phenoxy) is 2. The Labute approximate surface area is 112 Å². The first kappa shape index (κ1) is 12.2. The van der Waals surface area contributed by atoms with Crippen molar-refractivity contribution in [3.8, 4) is 5.75 Å². The molecule has 0 aromatic heterocycles. The van der Waals surface area contributed by atoms with Gasteiger partial charge in [0.05, 0.1) is 20.3 Å². The third-order valence-electron chi connectivity index (χ3n) is 3.49. The van der Waals surface area contributed by atoms with Crippen molar-refractivity contribution in [1.82, 2.24) is 0 Å². The van der Waals surface area contributed by atoms with Crippen LogP contribution in [0.3, 0.4) is 0 Å². The van der Waals surface area contributed by atoms with Gasteiger partial charge in [0.15, 0.2) is 0 Å². The fourth-order valence-corrected chi connectivity index (χ4v) is 2.34. The minimum atomic E-state index is -0.614. The molecule has 0 aliphatic carbocycles. The van der Waals surface area contributed by atoms with E-state index < -0.39 is 6.10 Å². The van der Waals surface area contributed by atoms with Gasteiger partial charge in [0, 0.05) is 0 Å². The molecule has 1 unspecified atom stereocenters. The van der Waals surface area contributed by atoms with Crippen LogP contribution in [0.2, 0.25) is 0 Å². The lowest BCUT2D eigenvalue weighted by molar-refractivity contribution is 0.134. The molecule has 0 saturated heterocycles. The molecule has 1 heterocycles. The molecule has 2 aromatic carbocycles. The van der Waals surface area contributed by atoms with Crippen molar-refractivity contribution in [2.45, 2.75) is 19.3 Å². The van der Waals surface area contributed by atoms with Gasteiger partial charge in [0.1, 0.15) is 11.9 Å². The third kappa shape index (κ3) is 2.35. The summed E-state index contributed by atoms with van der Waals surface area (Å²) in [6.45, 7) is 1.31. The van der Waals surface area contributed by atoms with E-state index in [1.807, 2.05) is 42.5 Å². The van der Waals surface area contributed by atoms with E-state index in [1.54, 1.807) is 7.11 Å². The molecule has 19 heavy (non-hydrogen) atoms. The molecule has 0 fully saturated rings. The molecule has 0 saturated carbocycles. The van der Waals surface area contributed by atoms with E-state index in [-0.39, 0.29) is 0 Å². The number of methoxy groups -OCH3 is 1. The van der Waals surface area contributed by atoms with Crippen molar-refractivity contribution in [2.75, 3.05) is 7.11 Å². The standard InChI is InChI=1S/C16H16O3/c1-18-15-6-4-11(5-7-15)16(17)12-2-3-13-9-19-10-14(13)8-12/h2-8,16-17H,9-10H2,1H3. The summed E-state index contributed by atoms with van der Waals surface area (Å²) in [5, 5.41) is 10.4. The Morgan fingerprint density at radius 2 is 1.68 bits per heavy atom. The molecular formula is C16H16O3. The van der Waals surface area contributed by atoms with Crippen molar-refractivity contribution in [3.05, 3.63) is 64.7 Å². The van der Waals surface area contributed by atoms with Gasteiger partial charge in [-0.1, -0.05) is 30.3 Å². The number of fused-ring (bicyclic) bond motifs is 1. The molecule has 3 rings (SSSR count). The highest BCUT2D eigenvalue weighted by Crippen LogP contribution is 2.28. The third-order valence-corrected chi connectivity index (χ3v) is 3.49. The monoisotopic (exact) mass is 256 g/mol. The molecule has 1 N–H and O–H groups in total. The van der Waals surface area contributed by atoms with E-state index in [0.717, 1.165) is 16.9 Å². The highest BCUT2D eigenvalue weighted by atomic mass is 16.5. The second-order valence-electron chi connectivity index (χ2n) is 4.70. The van der Waals surface area contributed by atoms with E-state index in [2.05, 4.69) is 0 Å². The average Bonchev–Trinajstić information content (AvgIpc) is 2.94. The topological polar surface area (TPSA) is 38.7 Å². The highest BCUT2D eigenvalue weighted by molar-refractivity contribution is 5.39. The summed E-state index contributed by atoms with van der Waals surface area (Å²) in [7, 11) is 1.63. The van der Waals surface area contributed by atoms with Gasteiger partial charge in [-0.2, -0.15) is 0 Å². The van der Waals surface area contributed by atoms with Crippen LogP contribution < -0.4 is 4.74 Å². The van der Waals surface area contributed by atoms with Gasteiger partial charge in [0.2, 0.25) is 0 Å². The van der Waals surface area contributed by atoms with Crippen LogP contribution >= 0.6 is 0 Å². The molecular weight excluding hydrogens is 240 g/mol. The molecule has 0 radical (unpaired) electrons. The number of hydrogen-bond acceptors (Lipinski definition) is 3. The maximum Gasteiger partial charge on any atom is 0.118 e. The number of benzene rings is 2. The summed E-state index contributed by atoms with van der Waals surface area (Å²) in [5.41, 5.74) is 4.14.